The van der Waals surface area contributed by atoms with Gasteiger partial charge in [0.25, 0.3) is 5.91 Å². The number of nitrogens with one attached hydrogen (secondary N) is 1. The van der Waals surface area contributed by atoms with Crippen LogP contribution in [0.4, 0.5) is 0 Å². The van der Waals surface area contributed by atoms with E-state index >= 15 is 0 Å². The van der Waals surface area contributed by atoms with Gasteiger partial charge in [0.05, 0.1) is 5.52 Å². The van der Waals surface area contributed by atoms with Gasteiger partial charge in [-0.3, -0.25) is 14.8 Å². The van der Waals surface area contributed by atoms with E-state index in [0.29, 0.717) is 16.6 Å². The van der Waals surface area contributed by atoms with Crippen LogP contribution in [0.2, 0.25) is 5.02 Å². The van der Waals surface area contributed by atoms with Gasteiger partial charge in [-0.2, -0.15) is 5.10 Å². The molecule has 1 aliphatic carbocycles. The largest absolute Gasteiger partial charge is 0.336 e. The summed E-state index contributed by atoms with van der Waals surface area (Å²) in [6.45, 7) is 5.83. The second-order valence-electron chi connectivity index (χ2n) is 6.84. The third kappa shape index (κ3) is 2.95. The molecular weight excluding hydrogens is 312 g/mol. The Balaban J connectivity index is 1.58. The lowest BCUT2D eigenvalue weighted by Crippen LogP contribution is -2.36. The molecule has 122 valence electrons. The number of aromatic nitrogens is 2. The highest BCUT2D eigenvalue weighted by molar-refractivity contribution is 6.31. The average molecular weight is 333 g/mol. The van der Waals surface area contributed by atoms with Gasteiger partial charge in [0, 0.05) is 42.6 Å². The number of nitrogens with zero attached hydrogens (tertiary/aromatic N) is 3. The first-order valence-electron chi connectivity index (χ1n) is 8.29. The highest BCUT2D eigenvalue weighted by Gasteiger charge is 2.33. The molecule has 2 heterocycles. The molecule has 4 rings (SSSR count). The summed E-state index contributed by atoms with van der Waals surface area (Å²) in [4.78, 5) is 17.4. The van der Waals surface area contributed by atoms with Crippen LogP contribution < -0.4 is 0 Å². The zero-order valence-electron chi connectivity index (χ0n) is 13.3. The minimum absolute atomic E-state index is 0.00279. The Bertz CT molecular complexity index is 739. The van der Waals surface area contributed by atoms with Gasteiger partial charge in [-0.25, -0.2) is 0 Å². The third-order valence-electron chi connectivity index (χ3n) is 4.81. The summed E-state index contributed by atoms with van der Waals surface area (Å²) >= 11 is 6.07. The van der Waals surface area contributed by atoms with Gasteiger partial charge in [-0.15, -0.1) is 0 Å². The highest BCUT2D eigenvalue weighted by Crippen LogP contribution is 2.29. The summed E-state index contributed by atoms with van der Waals surface area (Å²) in [5, 5.41) is 8.60. The smallest absolute Gasteiger partial charge is 0.275 e. The lowest BCUT2D eigenvalue weighted by molar-refractivity contribution is 0.0744. The Hall–Kier alpha value is -1.59. The predicted molar refractivity (Wildman–Crippen MR) is 90.8 cm³/mol. The molecular formula is C17H21ClN4O. The van der Waals surface area contributed by atoms with Gasteiger partial charge in [-0.1, -0.05) is 18.5 Å². The van der Waals surface area contributed by atoms with E-state index in [1.807, 2.05) is 17.0 Å². The molecule has 6 heteroatoms. The number of aromatic amines is 1. The van der Waals surface area contributed by atoms with Gasteiger partial charge in [0.2, 0.25) is 0 Å². The number of carbonyl (C=O) groups is 1. The Morgan fingerprint density at radius 2 is 2.13 bits per heavy atom. The second kappa shape index (κ2) is 5.80. The van der Waals surface area contributed by atoms with Crippen LogP contribution in [0.5, 0.6) is 0 Å². The summed E-state index contributed by atoms with van der Waals surface area (Å²) < 4.78 is 0. The van der Waals surface area contributed by atoms with Crippen molar-refractivity contribution in [2.24, 2.45) is 5.92 Å². The normalized spacial score (nSPS) is 23.2. The van der Waals surface area contributed by atoms with Crippen LogP contribution in [0.3, 0.4) is 0 Å². The molecule has 0 radical (unpaired) electrons. The highest BCUT2D eigenvalue weighted by atomic mass is 35.5. The summed E-state index contributed by atoms with van der Waals surface area (Å²) in [6.07, 6.45) is 2.62. The minimum Gasteiger partial charge on any atom is -0.336 e. The number of amides is 1. The first kappa shape index (κ1) is 15.0. The fourth-order valence-electron chi connectivity index (χ4n) is 3.52. The maximum absolute atomic E-state index is 13.0. The molecule has 2 aromatic rings. The molecule has 2 aliphatic rings. The monoisotopic (exact) mass is 332 g/mol. The Kier molecular flexibility index (Phi) is 3.77. The minimum atomic E-state index is 0.00279. The molecule has 2 fully saturated rings. The molecule has 23 heavy (non-hydrogen) atoms. The fraction of sp³-hybridized carbons (Fsp3) is 0.529. The molecule has 1 saturated heterocycles. The second-order valence-corrected chi connectivity index (χ2v) is 7.28. The quantitative estimate of drug-likeness (QED) is 0.920. The number of carbonyl (C=O) groups excluding carboxylic acids is 1. The van der Waals surface area contributed by atoms with E-state index in [-0.39, 0.29) is 5.91 Å². The van der Waals surface area contributed by atoms with Crippen molar-refractivity contribution in [1.29, 1.82) is 0 Å². The van der Waals surface area contributed by atoms with Gasteiger partial charge in [-0.05, 0) is 37.0 Å². The number of benzene rings is 1. The van der Waals surface area contributed by atoms with Crippen molar-refractivity contribution in [2.75, 3.05) is 26.2 Å². The molecule has 1 aromatic carbocycles. The molecule has 0 spiro atoms. The number of hydrogen-bond donors (Lipinski definition) is 1. The molecule has 1 N–H and O–H groups in total. The first-order chi connectivity index (χ1) is 11.1. The third-order valence-corrected chi connectivity index (χ3v) is 5.05. The standard InChI is InChI=1S/C17H21ClN4O/c1-11-9-21(13-3-4-13)6-7-22(10-11)17(23)16-14-8-12(18)2-5-15(14)19-20-16/h2,5,8,11,13H,3-4,6-7,9-10H2,1H3,(H,19,20). The van der Waals surface area contributed by atoms with Crippen LogP contribution in [0.1, 0.15) is 30.3 Å². The van der Waals surface area contributed by atoms with Crippen molar-refractivity contribution in [3.05, 3.63) is 28.9 Å². The van der Waals surface area contributed by atoms with Crippen LogP contribution in [0.25, 0.3) is 10.9 Å². The van der Waals surface area contributed by atoms with Gasteiger partial charge < -0.3 is 4.90 Å². The van der Waals surface area contributed by atoms with Crippen LogP contribution in [-0.2, 0) is 0 Å². The van der Waals surface area contributed by atoms with E-state index in [1.165, 1.54) is 12.8 Å². The van der Waals surface area contributed by atoms with Gasteiger partial charge in [0.1, 0.15) is 0 Å². The molecule has 1 unspecified atom stereocenters. The number of fused-ring (bicyclic) bond motifs is 1. The van der Waals surface area contributed by atoms with Crippen LogP contribution in [-0.4, -0.2) is 58.1 Å². The van der Waals surface area contributed by atoms with Crippen molar-refractivity contribution >= 4 is 28.4 Å². The SMILES string of the molecule is CC1CN(C(=O)c2n[nH]c3ccc(Cl)cc23)CCN(C2CC2)C1. The Morgan fingerprint density at radius 1 is 1.30 bits per heavy atom. The maximum Gasteiger partial charge on any atom is 0.275 e. The molecule has 1 amide bonds. The summed E-state index contributed by atoms with van der Waals surface area (Å²) in [5.41, 5.74) is 1.33. The molecule has 0 bridgehead atoms. The molecule has 1 aliphatic heterocycles. The van der Waals surface area contributed by atoms with Crippen molar-refractivity contribution < 1.29 is 4.79 Å². The summed E-state index contributed by atoms with van der Waals surface area (Å²) in [5.74, 6) is 0.485. The van der Waals surface area contributed by atoms with Crippen molar-refractivity contribution in [3.63, 3.8) is 0 Å². The predicted octanol–water partition coefficient (Wildman–Crippen LogP) is 2.77. The zero-order chi connectivity index (χ0) is 16.0. The van der Waals surface area contributed by atoms with Gasteiger partial charge in [0.15, 0.2) is 5.69 Å². The number of H-pyrrole nitrogens is 1. The summed E-state index contributed by atoms with van der Waals surface area (Å²) in [7, 11) is 0. The van der Waals surface area contributed by atoms with E-state index in [1.54, 1.807) is 6.07 Å². The van der Waals surface area contributed by atoms with E-state index in [2.05, 4.69) is 22.0 Å². The Labute approximate surface area is 140 Å². The van der Waals surface area contributed by atoms with Crippen LogP contribution in [0.15, 0.2) is 18.2 Å². The topological polar surface area (TPSA) is 52.2 Å². The summed E-state index contributed by atoms with van der Waals surface area (Å²) in [6, 6.07) is 6.22. The zero-order valence-corrected chi connectivity index (χ0v) is 14.0. The number of hydrogen-bond acceptors (Lipinski definition) is 3. The van der Waals surface area contributed by atoms with E-state index < -0.39 is 0 Å². The first-order valence-corrected chi connectivity index (χ1v) is 8.66. The maximum atomic E-state index is 13.0. The van der Waals surface area contributed by atoms with E-state index in [0.717, 1.165) is 43.1 Å². The number of rotatable bonds is 2. The van der Waals surface area contributed by atoms with Crippen molar-refractivity contribution in [3.8, 4) is 0 Å². The van der Waals surface area contributed by atoms with Gasteiger partial charge >= 0.3 is 0 Å². The molecule has 1 aromatic heterocycles. The Morgan fingerprint density at radius 3 is 2.91 bits per heavy atom. The van der Waals surface area contributed by atoms with Crippen molar-refractivity contribution in [1.82, 2.24) is 20.0 Å². The lowest BCUT2D eigenvalue weighted by atomic mass is 10.1. The molecule has 1 saturated carbocycles. The van der Waals surface area contributed by atoms with Crippen LogP contribution >= 0.6 is 11.6 Å². The molecule has 5 nitrogen and oxygen atoms in total. The lowest BCUT2D eigenvalue weighted by Gasteiger charge is -2.21. The molecule has 1 atom stereocenters. The number of halogens is 1. The van der Waals surface area contributed by atoms with Crippen molar-refractivity contribution in [2.45, 2.75) is 25.8 Å². The average Bonchev–Trinajstić information content (AvgIpc) is 3.31. The fourth-order valence-corrected chi connectivity index (χ4v) is 3.69. The van der Waals surface area contributed by atoms with Crippen LogP contribution in [0, 0.1) is 5.92 Å². The van der Waals surface area contributed by atoms with E-state index in [4.69, 9.17) is 11.6 Å². The van der Waals surface area contributed by atoms with E-state index in [9.17, 15) is 4.79 Å².